The number of carbonyl (C=O) groups excluding carboxylic acids is 1. The Hall–Kier alpha value is -2.11. The SMILES string of the molecule is Cc1cc(NC(=O)c2cncn2C)no1. The van der Waals surface area contributed by atoms with Crippen LogP contribution in [0.1, 0.15) is 16.2 Å². The van der Waals surface area contributed by atoms with Crippen LogP contribution in [0.3, 0.4) is 0 Å². The van der Waals surface area contributed by atoms with E-state index in [9.17, 15) is 4.79 Å². The minimum atomic E-state index is -0.261. The Bertz CT molecular complexity index is 486. The lowest BCUT2D eigenvalue weighted by molar-refractivity contribution is 0.101. The summed E-state index contributed by atoms with van der Waals surface area (Å²) in [5, 5.41) is 6.26. The summed E-state index contributed by atoms with van der Waals surface area (Å²) in [5.74, 6) is 0.789. The van der Waals surface area contributed by atoms with E-state index in [0.717, 1.165) is 0 Å². The Morgan fingerprint density at radius 1 is 1.60 bits per heavy atom. The number of nitrogens with zero attached hydrogens (tertiary/aromatic N) is 3. The van der Waals surface area contributed by atoms with Gasteiger partial charge in [-0.15, -0.1) is 0 Å². The molecule has 2 aromatic heterocycles. The Labute approximate surface area is 85.9 Å². The average Bonchev–Trinajstić information content (AvgIpc) is 2.75. The van der Waals surface area contributed by atoms with Crippen LogP contribution in [0.5, 0.6) is 0 Å². The molecule has 0 saturated heterocycles. The third kappa shape index (κ3) is 1.88. The molecule has 0 spiro atoms. The van der Waals surface area contributed by atoms with E-state index in [1.165, 1.54) is 6.20 Å². The molecule has 0 atom stereocenters. The first-order chi connectivity index (χ1) is 7.16. The van der Waals surface area contributed by atoms with Gasteiger partial charge >= 0.3 is 0 Å². The van der Waals surface area contributed by atoms with Crippen LogP contribution >= 0.6 is 0 Å². The van der Waals surface area contributed by atoms with Crippen molar-refractivity contribution in [3.05, 3.63) is 30.0 Å². The molecule has 1 N–H and O–H groups in total. The molecule has 0 fully saturated rings. The molecule has 1 amide bonds. The second-order valence-electron chi connectivity index (χ2n) is 3.17. The zero-order valence-electron chi connectivity index (χ0n) is 8.39. The Morgan fingerprint density at radius 2 is 2.40 bits per heavy atom. The molecule has 2 rings (SSSR count). The number of imidazole rings is 1. The molecule has 2 aromatic rings. The van der Waals surface area contributed by atoms with Crippen LogP contribution in [-0.2, 0) is 7.05 Å². The molecule has 78 valence electrons. The van der Waals surface area contributed by atoms with E-state index in [0.29, 0.717) is 17.3 Å². The summed E-state index contributed by atoms with van der Waals surface area (Å²) in [6.07, 6.45) is 3.05. The smallest absolute Gasteiger partial charge is 0.275 e. The molecule has 0 unspecified atom stereocenters. The lowest BCUT2D eigenvalue weighted by atomic mass is 10.4. The molecular weight excluding hydrogens is 196 g/mol. The van der Waals surface area contributed by atoms with Crippen molar-refractivity contribution in [2.24, 2.45) is 7.05 Å². The maximum Gasteiger partial charge on any atom is 0.275 e. The second-order valence-corrected chi connectivity index (χ2v) is 3.17. The van der Waals surface area contributed by atoms with Gasteiger partial charge in [0.25, 0.3) is 5.91 Å². The molecule has 6 nitrogen and oxygen atoms in total. The Morgan fingerprint density at radius 3 is 2.93 bits per heavy atom. The third-order valence-corrected chi connectivity index (χ3v) is 1.92. The van der Waals surface area contributed by atoms with Crippen molar-refractivity contribution in [3.63, 3.8) is 0 Å². The number of amides is 1. The van der Waals surface area contributed by atoms with E-state index in [2.05, 4.69) is 15.5 Å². The van der Waals surface area contributed by atoms with E-state index in [4.69, 9.17) is 4.52 Å². The van der Waals surface area contributed by atoms with Crippen LogP contribution < -0.4 is 5.32 Å². The van der Waals surface area contributed by atoms with E-state index < -0.39 is 0 Å². The Kier molecular flexibility index (Phi) is 2.24. The highest BCUT2D eigenvalue weighted by Gasteiger charge is 2.11. The lowest BCUT2D eigenvalue weighted by Crippen LogP contribution is -2.15. The zero-order chi connectivity index (χ0) is 10.8. The number of aryl methyl sites for hydroxylation is 2. The van der Waals surface area contributed by atoms with Crippen molar-refractivity contribution in [3.8, 4) is 0 Å². The fourth-order valence-electron chi connectivity index (χ4n) is 1.18. The van der Waals surface area contributed by atoms with Crippen LogP contribution in [0.2, 0.25) is 0 Å². The molecule has 0 bridgehead atoms. The number of anilines is 1. The van der Waals surface area contributed by atoms with Crippen molar-refractivity contribution in [2.75, 3.05) is 5.32 Å². The van der Waals surface area contributed by atoms with Gasteiger partial charge in [0, 0.05) is 13.1 Å². The minimum absolute atomic E-state index is 0.261. The molecule has 0 radical (unpaired) electrons. The number of rotatable bonds is 2. The van der Waals surface area contributed by atoms with Crippen LogP contribution in [0.15, 0.2) is 23.1 Å². The van der Waals surface area contributed by atoms with Gasteiger partial charge < -0.3 is 14.4 Å². The second kappa shape index (κ2) is 3.56. The molecular formula is C9H10N4O2. The topological polar surface area (TPSA) is 73.0 Å². The van der Waals surface area contributed by atoms with Gasteiger partial charge in [0.2, 0.25) is 0 Å². The van der Waals surface area contributed by atoms with Crippen molar-refractivity contribution >= 4 is 11.7 Å². The van der Waals surface area contributed by atoms with Gasteiger partial charge in [-0.05, 0) is 6.92 Å². The predicted molar refractivity (Wildman–Crippen MR) is 52.4 cm³/mol. The van der Waals surface area contributed by atoms with Crippen LogP contribution in [-0.4, -0.2) is 20.6 Å². The summed E-state index contributed by atoms with van der Waals surface area (Å²) in [5.41, 5.74) is 0.468. The summed E-state index contributed by atoms with van der Waals surface area (Å²) in [6, 6.07) is 1.65. The van der Waals surface area contributed by atoms with Gasteiger partial charge in [0.05, 0.1) is 12.5 Å². The third-order valence-electron chi connectivity index (χ3n) is 1.92. The monoisotopic (exact) mass is 206 g/mol. The molecule has 0 aliphatic rings. The van der Waals surface area contributed by atoms with Gasteiger partial charge in [-0.3, -0.25) is 4.79 Å². The van der Waals surface area contributed by atoms with E-state index in [1.54, 1.807) is 30.9 Å². The maximum atomic E-state index is 11.7. The van der Waals surface area contributed by atoms with Crippen LogP contribution in [0, 0.1) is 6.92 Å². The number of nitrogens with one attached hydrogen (secondary N) is 1. The molecule has 0 aliphatic carbocycles. The van der Waals surface area contributed by atoms with Crippen LogP contribution in [0.4, 0.5) is 5.82 Å². The Balaban J connectivity index is 2.14. The number of aromatic nitrogens is 3. The van der Waals surface area contributed by atoms with Crippen molar-refractivity contribution in [2.45, 2.75) is 6.92 Å². The van der Waals surface area contributed by atoms with Gasteiger partial charge in [0.15, 0.2) is 5.82 Å². The van der Waals surface area contributed by atoms with Crippen molar-refractivity contribution < 1.29 is 9.32 Å². The number of hydrogen-bond acceptors (Lipinski definition) is 4. The molecule has 2 heterocycles. The quantitative estimate of drug-likeness (QED) is 0.794. The summed E-state index contributed by atoms with van der Waals surface area (Å²) in [4.78, 5) is 15.5. The molecule has 0 aromatic carbocycles. The average molecular weight is 206 g/mol. The summed E-state index contributed by atoms with van der Waals surface area (Å²) in [6.45, 7) is 1.76. The fraction of sp³-hybridized carbons (Fsp3) is 0.222. The zero-order valence-corrected chi connectivity index (χ0v) is 8.39. The predicted octanol–water partition coefficient (Wildman–Crippen LogP) is 0.969. The van der Waals surface area contributed by atoms with E-state index >= 15 is 0 Å². The normalized spacial score (nSPS) is 10.3. The van der Waals surface area contributed by atoms with Gasteiger partial charge in [-0.2, -0.15) is 0 Å². The van der Waals surface area contributed by atoms with Crippen LogP contribution in [0.25, 0.3) is 0 Å². The molecule has 15 heavy (non-hydrogen) atoms. The van der Waals surface area contributed by atoms with E-state index in [-0.39, 0.29) is 5.91 Å². The molecule has 0 saturated carbocycles. The highest BCUT2D eigenvalue weighted by atomic mass is 16.5. The fourth-order valence-corrected chi connectivity index (χ4v) is 1.18. The first-order valence-corrected chi connectivity index (χ1v) is 4.38. The van der Waals surface area contributed by atoms with Gasteiger partial charge in [0.1, 0.15) is 11.5 Å². The first kappa shape index (κ1) is 9.45. The number of carbonyl (C=O) groups is 1. The highest BCUT2D eigenvalue weighted by Crippen LogP contribution is 2.08. The maximum absolute atomic E-state index is 11.7. The first-order valence-electron chi connectivity index (χ1n) is 4.38. The standard InChI is InChI=1S/C9H10N4O2/c1-6-3-8(12-15-6)11-9(14)7-4-10-5-13(7)2/h3-5H,1-2H3,(H,11,12,14). The minimum Gasteiger partial charge on any atom is -0.360 e. The van der Waals surface area contributed by atoms with Crippen molar-refractivity contribution in [1.82, 2.24) is 14.7 Å². The summed E-state index contributed by atoms with van der Waals surface area (Å²) >= 11 is 0. The molecule has 0 aliphatic heterocycles. The molecule has 6 heteroatoms. The summed E-state index contributed by atoms with van der Waals surface area (Å²) in [7, 11) is 1.75. The van der Waals surface area contributed by atoms with Gasteiger partial charge in [-0.1, -0.05) is 5.16 Å². The summed E-state index contributed by atoms with van der Waals surface area (Å²) < 4.78 is 6.45. The largest absolute Gasteiger partial charge is 0.360 e. The number of hydrogen-bond donors (Lipinski definition) is 1. The van der Waals surface area contributed by atoms with Gasteiger partial charge in [-0.25, -0.2) is 4.98 Å². The van der Waals surface area contributed by atoms with Crippen molar-refractivity contribution in [1.29, 1.82) is 0 Å². The van der Waals surface area contributed by atoms with E-state index in [1.807, 2.05) is 0 Å². The lowest BCUT2D eigenvalue weighted by Gasteiger charge is -2.00. The highest BCUT2D eigenvalue weighted by molar-refractivity contribution is 6.02.